The van der Waals surface area contributed by atoms with Crippen LogP contribution in [0.4, 0.5) is 0 Å². The number of carbonyl (C=O) groups excluding carboxylic acids is 1. The van der Waals surface area contributed by atoms with Gasteiger partial charge in [-0.15, -0.1) is 11.8 Å². The van der Waals surface area contributed by atoms with Crippen LogP contribution in [0.1, 0.15) is 38.7 Å². The molecule has 0 radical (unpaired) electrons. The molecule has 0 saturated heterocycles. The second-order valence-corrected chi connectivity index (χ2v) is 7.84. The molecule has 2 rings (SSSR count). The van der Waals surface area contributed by atoms with Crippen LogP contribution in [0, 0.1) is 11.8 Å². The molecular formula is C19H30N2OS. The summed E-state index contributed by atoms with van der Waals surface area (Å²) in [6.07, 6.45) is 5.73. The zero-order valence-corrected chi connectivity index (χ0v) is 15.7. The fourth-order valence-corrected chi connectivity index (χ4v) is 3.79. The highest BCUT2D eigenvalue weighted by atomic mass is 32.2. The lowest BCUT2D eigenvalue weighted by atomic mass is 9.78. The van der Waals surface area contributed by atoms with Crippen LogP contribution >= 0.6 is 11.8 Å². The summed E-state index contributed by atoms with van der Waals surface area (Å²) in [5, 5.41) is 3.25. The quantitative estimate of drug-likeness (QED) is 0.804. The van der Waals surface area contributed by atoms with Gasteiger partial charge in [-0.05, 0) is 49.3 Å². The maximum absolute atomic E-state index is 12.3. The third-order valence-corrected chi connectivity index (χ3v) is 5.82. The second-order valence-electron chi connectivity index (χ2n) is 6.96. The highest BCUT2D eigenvalue weighted by molar-refractivity contribution is 7.98. The predicted molar refractivity (Wildman–Crippen MR) is 98.7 cm³/mol. The monoisotopic (exact) mass is 334 g/mol. The van der Waals surface area contributed by atoms with E-state index in [4.69, 9.17) is 0 Å². The molecule has 4 heteroatoms. The van der Waals surface area contributed by atoms with E-state index in [-0.39, 0.29) is 5.91 Å². The molecular weight excluding hydrogens is 304 g/mol. The van der Waals surface area contributed by atoms with Crippen LogP contribution in [0.25, 0.3) is 0 Å². The fourth-order valence-electron chi connectivity index (χ4n) is 3.38. The van der Waals surface area contributed by atoms with Crippen LogP contribution in [0.5, 0.6) is 0 Å². The molecule has 0 aromatic heterocycles. The molecule has 0 bridgehead atoms. The Labute approximate surface area is 145 Å². The summed E-state index contributed by atoms with van der Waals surface area (Å²) in [7, 11) is 2.01. The van der Waals surface area contributed by atoms with Crippen molar-refractivity contribution in [3.8, 4) is 0 Å². The van der Waals surface area contributed by atoms with Crippen molar-refractivity contribution in [2.24, 2.45) is 11.8 Å². The van der Waals surface area contributed by atoms with Crippen molar-refractivity contribution in [2.75, 3.05) is 19.8 Å². The molecule has 0 unspecified atom stereocenters. The van der Waals surface area contributed by atoms with Crippen molar-refractivity contribution in [3.63, 3.8) is 0 Å². The van der Waals surface area contributed by atoms with Gasteiger partial charge in [-0.25, -0.2) is 0 Å². The lowest BCUT2D eigenvalue weighted by Gasteiger charge is -2.35. The van der Waals surface area contributed by atoms with Crippen molar-refractivity contribution in [1.29, 1.82) is 0 Å². The smallest absolute Gasteiger partial charge is 0.234 e. The molecule has 1 amide bonds. The first-order valence-corrected chi connectivity index (χ1v) is 9.83. The van der Waals surface area contributed by atoms with Gasteiger partial charge < -0.3 is 5.32 Å². The minimum Gasteiger partial charge on any atom is -0.352 e. The van der Waals surface area contributed by atoms with Gasteiger partial charge >= 0.3 is 0 Å². The Kier molecular flexibility index (Phi) is 6.97. The third-order valence-electron chi connectivity index (χ3n) is 5.08. The second kappa shape index (κ2) is 8.74. The van der Waals surface area contributed by atoms with Crippen molar-refractivity contribution < 1.29 is 4.79 Å². The molecule has 1 aliphatic rings. The molecule has 0 aliphatic heterocycles. The Hall–Kier alpha value is -1.00. The van der Waals surface area contributed by atoms with E-state index in [0.717, 1.165) is 13.0 Å². The normalized spacial score (nSPS) is 24.7. The molecule has 0 heterocycles. The van der Waals surface area contributed by atoms with Gasteiger partial charge in [0.05, 0.1) is 6.54 Å². The van der Waals surface area contributed by atoms with Crippen LogP contribution in [0.15, 0.2) is 29.2 Å². The van der Waals surface area contributed by atoms with E-state index in [9.17, 15) is 4.79 Å². The van der Waals surface area contributed by atoms with Crippen molar-refractivity contribution >= 4 is 17.7 Å². The summed E-state index contributed by atoms with van der Waals surface area (Å²) in [5.74, 6) is 1.44. The lowest BCUT2D eigenvalue weighted by molar-refractivity contribution is -0.123. The summed E-state index contributed by atoms with van der Waals surface area (Å²) in [5.41, 5.74) is 1.25. The van der Waals surface area contributed by atoms with Gasteiger partial charge in [0.25, 0.3) is 0 Å². The van der Waals surface area contributed by atoms with Crippen molar-refractivity contribution in [1.82, 2.24) is 10.2 Å². The highest BCUT2D eigenvalue weighted by Gasteiger charge is 2.28. The predicted octanol–water partition coefficient (Wildman–Crippen LogP) is 3.78. The number of hydrogen-bond donors (Lipinski definition) is 1. The standard InChI is InChI=1S/C19H30N2OS/c1-14-6-5-7-18(15(14)2)20-19(22)13-21(3)12-16-8-10-17(23-4)11-9-16/h8-11,14-15,18H,5-7,12-13H2,1-4H3,(H,20,22)/t14-,15-,18+/m0/s1. The molecule has 1 aromatic carbocycles. The maximum atomic E-state index is 12.3. The number of benzene rings is 1. The zero-order valence-electron chi connectivity index (χ0n) is 14.8. The maximum Gasteiger partial charge on any atom is 0.234 e. The van der Waals surface area contributed by atoms with E-state index in [0.29, 0.717) is 24.4 Å². The Bertz CT molecular complexity index is 503. The topological polar surface area (TPSA) is 32.3 Å². The van der Waals surface area contributed by atoms with Crippen molar-refractivity contribution in [3.05, 3.63) is 29.8 Å². The molecule has 3 nitrogen and oxygen atoms in total. The minimum absolute atomic E-state index is 0.152. The van der Waals surface area contributed by atoms with E-state index >= 15 is 0 Å². The first-order valence-electron chi connectivity index (χ1n) is 8.60. The summed E-state index contributed by atoms with van der Waals surface area (Å²) in [4.78, 5) is 15.7. The van der Waals surface area contributed by atoms with E-state index < -0.39 is 0 Å². The van der Waals surface area contributed by atoms with Gasteiger partial charge in [-0.2, -0.15) is 0 Å². The van der Waals surface area contributed by atoms with Gasteiger partial charge in [-0.3, -0.25) is 9.69 Å². The largest absolute Gasteiger partial charge is 0.352 e. The molecule has 23 heavy (non-hydrogen) atoms. The number of rotatable bonds is 6. The summed E-state index contributed by atoms with van der Waals surface area (Å²) in [6, 6.07) is 8.91. The third kappa shape index (κ3) is 5.54. The molecule has 0 spiro atoms. The molecule has 1 N–H and O–H groups in total. The SMILES string of the molecule is CSc1ccc(CN(C)CC(=O)N[C@@H]2CCC[C@H](C)[C@@H]2C)cc1. The number of nitrogens with one attached hydrogen (secondary N) is 1. The Balaban J connectivity index is 1.79. The van der Waals surface area contributed by atoms with Gasteiger partial charge in [0, 0.05) is 17.5 Å². The molecule has 1 aromatic rings. The molecule has 1 aliphatic carbocycles. The van der Waals surface area contributed by atoms with Crippen LogP contribution in [0.2, 0.25) is 0 Å². The van der Waals surface area contributed by atoms with E-state index in [1.165, 1.54) is 23.3 Å². The number of amides is 1. The number of carbonyl (C=O) groups is 1. The van der Waals surface area contributed by atoms with E-state index in [1.54, 1.807) is 11.8 Å². The number of likely N-dealkylation sites (N-methyl/N-ethyl adjacent to an activating group) is 1. The summed E-state index contributed by atoms with van der Waals surface area (Å²) < 4.78 is 0. The molecule has 1 fully saturated rings. The first kappa shape index (κ1) is 18.3. The summed E-state index contributed by atoms with van der Waals surface area (Å²) in [6.45, 7) is 5.83. The summed E-state index contributed by atoms with van der Waals surface area (Å²) >= 11 is 1.75. The van der Waals surface area contributed by atoms with E-state index in [1.807, 2.05) is 7.05 Å². The Morgan fingerprint density at radius 3 is 2.61 bits per heavy atom. The fraction of sp³-hybridized carbons (Fsp3) is 0.632. The zero-order chi connectivity index (χ0) is 16.8. The number of nitrogens with zero attached hydrogens (tertiary/aromatic N) is 1. The van der Waals surface area contributed by atoms with Crippen LogP contribution < -0.4 is 5.32 Å². The van der Waals surface area contributed by atoms with Crippen LogP contribution in [0.3, 0.4) is 0 Å². The molecule has 1 saturated carbocycles. The molecule has 3 atom stereocenters. The molecule has 128 valence electrons. The Morgan fingerprint density at radius 1 is 1.26 bits per heavy atom. The van der Waals surface area contributed by atoms with Gasteiger partial charge in [0.1, 0.15) is 0 Å². The first-order chi connectivity index (χ1) is 11.0. The van der Waals surface area contributed by atoms with Gasteiger partial charge in [-0.1, -0.05) is 38.8 Å². The highest BCUT2D eigenvalue weighted by Crippen LogP contribution is 2.29. The minimum atomic E-state index is 0.152. The van der Waals surface area contributed by atoms with Crippen molar-refractivity contribution in [2.45, 2.75) is 50.6 Å². The van der Waals surface area contributed by atoms with Crippen LogP contribution in [-0.2, 0) is 11.3 Å². The Morgan fingerprint density at radius 2 is 1.96 bits per heavy atom. The van der Waals surface area contributed by atoms with Gasteiger partial charge in [0.2, 0.25) is 5.91 Å². The number of thioether (sulfide) groups is 1. The lowest BCUT2D eigenvalue weighted by Crippen LogP contribution is -2.46. The average molecular weight is 335 g/mol. The average Bonchev–Trinajstić information content (AvgIpc) is 2.52. The van der Waals surface area contributed by atoms with E-state index in [2.05, 4.69) is 54.6 Å². The van der Waals surface area contributed by atoms with Gasteiger partial charge in [0.15, 0.2) is 0 Å². The van der Waals surface area contributed by atoms with Crippen LogP contribution in [-0.4, -0.2) is 36.7 Å². The number of hydrogen-bond acceptors (Lipinski definition) is 3.